The van der Waals surface area contributed by atoms with Crippen molar-refractivity contribution in [2.45, 2.75) is 24.8 Å². The number of fused-ring (bicyclic) bond motifs is 3. The third-order valence-electron chi connectivity index (χ3n) is 5.99. The van der Waals surface area contributed by atoms with Crippen molar-refractivity contribution in [3.63, 3.8) is 0 Å². The number of benzene rings is 1. The van der Waals surface area contributed by atoms with Crippen molar-refractivity contribution >= 4 is 22.5 Å². The second-order valence-corrected chi connectivity index (χ2v) is 8.74. The number of H-pyrrole nitrogens is 1. The smallest absolute Gasteiger partial charge is 0.283 e. The van der Waals surface area contributed by atoms with E-state index in [9.17, 15) is 18.3 Å². The Morgan fingerprint density at radius 1 is 1.26 bits per heavy atom. The Labute approximate surface area is 201 Å². The first-order valence-corrected chi connectivity index (χ1v) is 11.7. The van der Waals surface area contributed by atoms with Crippen molar-refractivity contribution in [2.75, 3.05) is 46.1 Å². The minimum absolute atomic E-state index is 0.212. The maximum absolute atomic E-state index is 14.3. The molecule has 0 spiro atoms. The zero-order valence-electron chi connectivity index (χ0n) is 18.7. The van der Waals surface area contributed by atoms with E-state index in [0.717, 1.165) is 22.2 Å². The van der Waals surface area contributed by atoms with Gasteiger partial charge in [0.15, 0.2) is 0 Å². The molecular weight excluding hydrogens is 469 g/mol. The average molecular weight is 497 g/mol. The quantitative estimate of drug-likeness (QED) is 0.348. The van der Waals surface area contributed by atoms with E-state index in [4.69, 9.17) is 16.3 Å². The number of rotatable bonds is 11. The van der Waals surface area contributed by atoms with E-state index in [1.165, 1.54) is 0 Å². The van der Waals surface area contributed by atoms with Gasteiger partial charge in [0, 0.05) is 41.4 Å². The highest BCUT2D eigenvalue weighted by Crippen LogP contribution is 2.43. The number of ether oxygens (including phenoxy) is 1. The van der Waals surface area contributed by atoms with Crippen LogP contribution in [0.15, 0.2) is 36.5 Å². The van der Waals surface area contributed by atoms with Gasteiger partial charge in [-0.25, -0.2) is 13.8 Å². The second kappa shape index (κ2) is 10.9. The van der Waals surface area contributed by atoms with Gasteiger partial charge >= 0.3 is 0 Å². The van der Waals surface area contributed by atoms with E-state index >= 15 is 0 Å². The van der Waals surface area contributed by atoms with Crippen LogP contribution < -0.4 is 10.1 Å². The van der Waals surface area contributed by atoms with Gasteiger partial charge in [0.1, 0.15) is 18.2 Å². The van der Waals surface area contributed by atoms with Crippen molar-refractivity contribution in [1.29, 1.82) is 0 Å². The van der Waals surface area contributed by atoms with E-state index in [2.05, 4.69) is 15.3 Å². The predicted molar refractivity (Wildman–Crippen MR) is 126 cm³/mol. The van der Waals surface area contributed by atoms with Gasteiger partial charge in [0.05, 0.1) is 19.3 Å². The molecule has 10 heteroatoms. The van der Waals surface area contributed by atoms with Crippen LogP contribution in [0.4, 0.5) is 13.2 Å². The molecule has 4 rings (SSSR count). The van der Waals surface area contributed by atoms with E-state index < -0.39 is 25.1 Å². The van der Waals surface area contributed by atoms with Crippen molar-refractivity contribution in [3.8, 4) is 5.88 Å². The maximum atomic E-state index is 14.3. The summed E-state index contributed by atoms with van der Waals surface area (Å²) < 4.78 is 46.5. The zero-order valence-corrected chi connectivity index (χ0v) is 19.4. The first-order chi connectivity index (χ1) is 16.4. The first kappa shape index (κ1) is 24.8. The Balaban J connectivity index is 1.66. The summed E-state index contributed by atoms with van der Waals surface area (Å²) in [5, 5.41) is 13.6. The molecule has 1 atom stereocenters. The highest BCUT2D eigenvalue weighted by atomic mass is 35.5. The number of nitrogens with one attached hydrogen (secondary N) is 2. The fraction of sp³-hybridized carbons (Fsp3) is 0.458. The second-order valence-electron chi connectivity index (χ2n) is 8.36. The lowest BCUT2D eigenvalue weighted by molar-refractivity contribution is -0.0788. The van der Waals surface area contributed by atoms with Gasteiger partial charge in [0.25, 0.3) is 5.92 Å². The number of nitrogens with zero attached hydrogens (tertiary/aromatic N) is 2. The molecule has 1 aliphatic rings. The maximum Gasteiger partial charge on any atom is 0.283 e. The van der Waals surface area contributed by atoms with Gasteiger partial charge in [-0.2, -0.15) is 0 Å². The summed E-state index contributed by atoms with van der Waals surface area (Å²) in [6, 6.07) is 8.96. The molecule has 6 nitrogen and oxygen atoms in total. The van der Waals surface area contributed by atoms with Gasteiger partial charge < -0.3 is 20.1 Å². The first-order valence-electron chi connectivity index (χ1n) is 11.3. The largest absolute Gasteiger partial charge is 0.475 e. The molecule has 0 fully saturated rings. The number of aliphatic hydroxyl groups excluding tert-OH is 1. The molecule has 1 aliphatic heterocycles. The topological polar surface area (TPSA) is 73.4 Å². The Kier molecular flexibility index (Phi) is 7.98. The minimum Gasteiger partial charge on any atom is -0.475 e. The van der Waals surface area contributed by atoms with Crippen molar-refractivity contribution in [3.05, 3.63) is 58.4 Å². The molecule has 0 radical (unpaired) electrons. The van der Waals surface area contributed by atoms with Gasteiger partial charge in [-0.3, -0.25) is 9.29 Å². The number of halogens is 4. The van der Waals surface area contributed by atoms with E-state index in [0.29, 0.717) is 38.0 Å². The molecule has 3 heterocycles. The molecule has 1 aromatic carbocycles. The number of aromatic nitrogens is 2. The molecule has 3 aromatic rings. The third kappa shape index (κ3) is 5.33. The summed E-state index contributed by atoms with van der Waals surface area (Å²) in [7, 11) is 0. The van der Waals surface area contributed by atoms with Crippen LogP contribution in [0.25, 0.3) is 10.9 Å². The standard InChI is InChI=1S/C24H28ClF3N4O2/c25-20-18(6-10-30-23(20)34-13-11-29-9-3-8-26)22-21-17(16-4-1-2-5-19(16)31-21)7-12-32(22)14-24(27,28)15-33/h1-2,4-6,10,22,29,31,33H,3,7-9,11-15H2/t22-/m1/s1. The molecule has 0 unspecified atom stereocenters. The summed E-state index contributed by atoms with van der Waals surface area (Å²) in [5.41, 5.74) is 3.39. The van der Waals surface area contributed by atoms with Gasteiger partial charge in [0.2, 0.25) is 5.88 Å². The van der Waals surface area contributed by atoms with E-state index in [-0.39, 0.29) is 24.2 Å². The minimum atomic E-state index is -3.26. The van der Waals surface area contributed by atoms with Crippen LogP contribution in [0, 0.1) is 0 Å². The molecule has 0 amide bonds. The lowest BCUT2D eigenvalue weighted by Crippen LogP contribution is -2.45. The van der Waals surface area contributed by atoms with E-state index in [1.54, 1.807) is 17.2 Å². The Bertz CT molecular complexity index is 1110. The lowest BCUT2D eigenvalue weighted by atomic mass is 9.92. The van der Waals surface area contributed by atoms with Crippen LogP contribution >= 0.6 is 11.6 Å². The van der Waals surface area contributed by atoms with Gasteiger partial charge in [-0.05, 0) is 37.1 Å². The number of aliphatic hydroxyl groups is 1. The summed E-state index contributed by atoms with van der Waals surface area (Å²) >= 11 is 6.71. The molecule has 0 saturated carbocycles. The van der Waals surface area contributed by atoms with Crippen LogP contribution in [0.5, 0.6) is 5.88 Å². The summed E-state index contributed by atoms with van der Waals surface area (Å²) in [6.45, 7) is -0.543. The normalized spacial score (nSPS) is 16.7. The zero-order chi connectivity index (χ0) is 24.1. The molecule has 184 valence electrons. The van der Waals surface area contributed by atoms with Crippen LogP contribution in [0.2, 0.25) is 5.02 Å². The summed E-state index contributed by atoms with van der Waals surface area (Å²) in [6.07, 6.45) is 2.57. The van der Waals surface area contributed by atoms with Crippen molar-refractivity contribution < 1.29 is 23.0 Å². The monoisotopic (exact) mass is 496 g/mol. The SMILES string of the molecule is OCC(F)(F)CN1CCc2c([nH]c3ccccc23)[C@H]1c1ccnc(OCCNCCCF)c1Cl. The summed E-state index contributed by atoms with van der Waals surface area (Å²) in [5.74, 6) is -3.05. The van der Waals surface area contributed by atoms with Gasteiger partial charge in [-0.1, -0.05) is 29.8 Å². The number of hydrogen-bond donors (Lipinski definition) is 3. The number of aromatic amines is 1. The highest BCUT2D eigenvalue weighted by molar-refractivity contribution is 6.32. The Hall–Kier alpha value is -2.33. The van der Waals surface area contributed by atoms with Crippen LogP contribution in [-0.2, 0) is 6.42 Å². The van der Waals surface area contributed by atoms with Crippen LogP contribution in [-0.4, -0.2) is 72.0 Å². The van der Waals surface area contributed by atoms with Crippen molar-refractivity contribution in [1.82, 2.24) is 20.2 Å². The fourth-order valence-electron chi connectivity index (χ4n) is 4.45. The molecule has 0 bridgehead atoms. The Morgan fingerprint density at radius 3 is 2.88 bits per heavy atom. The molecule has 0 saturated heterocycles. The Morgan fingerprint density at radius 2 is 2.09 bits per heavy atom. The molecule has 0 aliphatic carbocycles. The molecule has 2 aromatic heterocycles. The van der Waals surface area contributed by atoms with Crippen LogP contribution in [0.1, 0.15) is 29.3 Å². The lowest BCUT2D eigenvalue weighted by Gasteiger charge is -2.38. The van der Waals surface area contributed by atoms with Crippen molar-refractivity contribution in [2.24, 2.45) is 0 Å². The fourth-order valence-corrected chi connectivity index (χ4v) is 4.72. The predicted octanol–water partition coefficient (Wildman–Crippen LogP) is 4.12. The number of pyridine rings is 1. The van der Waals surface area contributed by atoms with Gasteiger partial charge in [-0.15, -0.1) is 0 Å². The molecule has 34 heavy (non-hydrogen) atoms. The summed E-state index contributed by atoms with van der Waals surface area (Å²) in [4.78, 5) is 9.27. The molecule has 3 N–H and O–H groups in total. The third-order valence-corrected chi connectivity index (χ3v) is 6.37. The van der Waals surface area contributed by atoms with Crippen LogP contribution in [0.3, 0.4) is 0 Å². The number of alkyl halides is 3. The highest BCUT2D eigenvalue weighted by Gasteiger charge is 2.39. The number of hydrogen-bond acceptors (Lipinski definition) is 5. The van der Waals surface area contributed by atoms with E-state index in [1.807, 2.05) is 24.3 Å². The molecular formula is C24H28ClF3N4O2. The number of para-hydroxylation sites is 1. The average Bonchev–Trinajstić information content (AvgIpc) is 3.21.